The molecule has 0 aliphatic heterocycles. The van der Waals surface area contributed by atoms with Gasteiger partial charge in [-0.1, -0.05) is 48.5 Å². The van der Waals surface area contributed by atoms with Crippen molar-refractivity contribution in [2.75, 3.05) is 7.11 Å². The average Bonchev–Trinajstić information content (AvgIpc) is 3.17. The Morgan fingerprint density at radius 1 is 1.20 bits per heavy atom. The quantitative estimate of drug-likeness (QED) is 0.497. The molecule has 7 heteroatoms. The fourth-order valence-electron chi connectivity index (χ4n) is 3.11. The molecule has 1 heterocycles. The Bertz CT molecular complexity index is 985. The fraction of sp³-hybridized carbons (Fsp3) is 0.348. The number of nitrogens with zero attached hydrogens (tertiary/aromatic N) is 3. The molecule has 0 aliphatic carbocycles. The predicted molar refractivity (Wildman–Crippen MR) is 120 cm³/mol. The molecule has 0 fully saturated rings. The maximum Gasteiger partial charge on any atom is 0.220 e. The van der Waals surface area contributed by atoms with E-state index in [0.717, 1.165) is 40.2 Å². The van der Waals surface area contributed by atoms with E-state index in [2.05, 4.69) is 52.8 Å². The Hall–Kier alpha value is -2.80. The molecular formula is C23H28N4O2S. The number of ether oxygens (including phenoxy) is 1. The van der Waals surface area contributed by atoms with Crippen molar-refractivity contribution >= 4 is 17.7 Å². The minimum atomic E-state index is -0.246. The Balaban J connectivity index is 1.89. The van der Waals surface area contributed by atoms with E-state index in [-0.39, 0.29) is 11.9 Å². The molecule has 0 spiro atoms. The van der Waals surface area contributed by atoms with Crippen LogP contribution < -0.4 is 10.1 Å². The third-order valence-electron chi connectivity index (χ3n) is 4.69. The molecular weight excluding hydrogens is 396 g/mol. The molecule has 1 N–H and O–H groups in total. The molecule has 0 aliphatic rings. The summed E-state index contributed by atoms with van der Waals surface area (Å²) in [6.07, 6.45) is 1.31. The molecule has 1 atom stereocenters. The van der Waals surface area contributed by atoms with Gasteiger partial charge in [0.1, 0.15) is 5.75 Å². The number of carbonyl (C=O) groups excluding carboxylic acids is 1. The number of thioether (sulfide) groups is 1. The Labute approximate surface area is 182 Å². The molecule has 0 bridgehead atoms. The minimum absolute atomic E-state index is 0.0223. The van der Waals surface area contributed by atoms with Gasteiger partial charge >= 0.3 is 0 Å². The van der Waals surface area contributed by atoms with Crippen molar-refractivity contribution in [3.8, 4) is 11.4 Å². The number of benzene rings is 2. The van der Waals surface area contributed by atoms with E-state index >= 15 is 0 Å². The summed E-state index contributed by atoms with van der Waals surface area (Å²) in [6, 6.07) is 16.0. The van der Waals surface area contributed by atoms with Crippen LogP contribution in [0.1, 0.15) is 49.7 Å². The highest BCUT2D eigenvalue weighted by atomic mass is 32.2. The highest BCUT2D eigenvalue weighted by Crippen LogP contribution is 2.28. The molecule has 1 aromatic heterocycles. The van der Waals surface area contributed by atoms with E-state index in [1.165, 1.54) is 5.56 Å². The van der Waals surface area contributed by atoms with E-state index in [1.807, 2.05) is 36.6 Å². The van der Waals surface area contributed by atoms with Gasteiger partial charge in [0.05, 0.1) is 13.2 Å². The molecule has 0 radical (unpaired) electrons. The van der Waals surface area contributed by atoms with Crippen LogP contribution in [0, 0.1) is 6.92 Å². The number of rotatable bonds is 9. The Morgan fingerprint density at radius 2 is 1.97 bits per heavy atom. The van der Waals surface area contributed by atoms with Crippen LogP contribution in [0.15, 0.2) is 53.7 Å². The highest BCUT2D eigenvalue weighted by molar-refractivity contribution is 7.98. The number of amides is 1. The maximum atomic E-state index is 12.1. The van der Waals surface area contributed by atoms with Crippen molar-refractivity contribution in [1.82, 2.24) is 20.1 Å². The standard InChI is InChI=1S/C23H28N4O2S/c1-5-7-21(28)24-17(3)22-25-26-23(27(22)19-12-10-16(2)11-13-19)30-15-18-8-6-9-20(14-18)29-4/h6,8-14,17H,5,7,15H2,1-4H3,(H,24,28)/t17-/m0/s1. The Kier molecular flexibility index (Phi) is 7.52. The third kappa shape index (κ3) is 5.42. The third-order valence-corrected chi connectivity index (χ3v) is 5.69. The van der Waals surface area contributed by atoms with Gasteiger partial charge in [-0.05, 0) is 50.1 Å². The molecule has 1 amide bonds. The number of carbonyl (C=O) groups is 1. The minimum Gasteiger partial charge on any atom is -0.497 e. The van der Waals surface area contributed by atoms with Crippen LogP contribution in [0.5, 0.6) is 5.75 Å². The van der Waals surface area contributed by atoms with Gasteiger partial charge in [-0.25, -0.2) is 0 Å². The molecule has 0 saturated carbocycles. The van der Waals surface area contributed by atoms with Crippen LogP contribution in [0.25, 0.3) is 5.69 Å². The number of hydrogen-bond donors (Lipinski definition) is 1. The van der Waals surface area contributed by atoms with Crippen LogP contribution in [0.4, 0.5) is 0 Å². The molecule has 3 rings (SSSR count). The van der Waals surface area contributed by atoms with Crippen molar-refractivity contribution < 1.29 is 9.53 Å². The summed E-state index contributed by atoms with van der Waals surface area (Å²) in [6.45, 7) is 5.99. The summed E-state index contributed by atoms with van der Waals surface area (Å²) in [5.41, 5.74) is 3.30. The van der Waals surface area contributed by atoms with Gasteiger partial charge < -0.3 is 10.1 Å². The largest absolute Gasteiger partial charge is 0.497 e. The molecule has 3 aromatic rings. The summed E-state index contributed by atoms with van der Waals surface area (Å²) in [4.78, 5) is 12.1. The first-order valence-corrected chi connectivity index (χ1v) is 11.1. The summed E-state index contributed by atoms with van der Waals surface area (Å²) >= 11 is 1.61. The molecule has 2 aromatic carbocycles. The molecule has 6 nitrogen and oxygen atoms in total. The van der Waals surface area contributed by atoms with E-state index < -0.39 is 0 Å². The smallest absolute Gasteiger partial charge is 0.220 e. The Morgan fingerprint density at radius 3 is 2.67 bits per heavy atom. The first-order valence-electron chi connectivity index (χ1n) is 10.1. The van der Waals surface area contributed by atoms with Gasteiger partial charge in [0.25, 0.3) is 0 Å². The second kappa shape index (κ2) is 10.3. The zero-order chi connectivity index (χ0) is 21.5. The lowest BCUT2D eigenvalue weighted by atomic mass is 10.2. The van der Waals surface area contributed by atoms with E-state index in [0.29, 0.717) is 6.42 Å². The van der Waals surface area contributed by atoms with Gasteiger partial charge in [0.15, 0.2) is 11.0 Å². The second-order valence-electron chi connectivity index (χ2n) is 7.19. The SMILES string of the molecule is CCCC(=O)N[C@@H](C)c1nnc(SCc2cccc(OC)c2)n1-c1ccc(C)cc1. The van der Waals surface area contributed by atoms with Crippen molar-refractivity contribution in [3.05, 3.63) is 65.5 Å². The summed E-state index contributed by atoms with van der Waals surface area (Å²) in [5, 5.41) is 12.7. The zero-order valence-electron chi connectivity index (χ0n) is 17.9. The lowest BCUT2D eigenvalue weighted by Crippen LogP contribution is -2.28. The van der Waals surface area contributed by atoms with Gasteiger partial charge in [0.2, 0.25) is 5.91 Å². The van der Waals surface area contributed by atoms with Crippen LogP contribution in [0.3, 0.4) is 0 Å². The van der Waals surface area contributed by atoms with Crippen LogP contribution in [0.2, 0.25) is 0 Å². The molecule has 0 unspecified atom stereocenters. The summed E-state index contributed by atoms with van der Waals surface area (Å²) < 4.78 is 7.35. The lowest BCUT2D eigenvalue weighted by Gasteiger charge is -2.16. The van der Waals surface area contributed by atoms with Crippen molar-refractivity contribution in [2.24, 2.45) is 0 Å². The average molecular weight is 425 g/mol. The number of nitrogens with one attached hydrogen (secondary N) is 1. The van der Waals surface area contributed by atoms with Crippen LogP contribution in [-0.4, -0.2) is 27.8 Å². The van der Waals surface area contributed by atoms with Crippen molar-refractivity contribution in [2.45, 2.75) is 50.6 Å². The number of aryl methyl sites for hydroxylation is 1. The van der Waals surface area contributed by atoms with E-state index in [4.69, 9.17) is 4.74 Å². The summed E-state index contributed by atoms with van der Waals surface area (Å²) in [7, 11) is 1.67. The molecule has 0 saturated heterocycles. The van der Waals surface area contributed by atoms with Crippen LogP contribution in [-0.2, 0) is 10.5 Å². The summed E-state index contributed by atoms with van der Waals surface area (Å²) in [5.74, 6) is 2.31. The number of aromatic nitrogens is 3. The first kappa shape index (κ1) is 21.9. The monoisotopic (exact) mass is 424 g/mol. The van der Waals surface area contributed by atoms with Crippen molar-refractivity contribution in [3.63, 3.8) is 0 Å². The first-order chi connectivity index (χ1) is 14.5. The number of methoxy groups -OCH3 is 1. The zero-order valence-corrected chi connectivity index (χ0v) is 18.7. The van der Waals surface area contributed by atoms with Crippen LogP contribution >= 0.6 is 11.8 Å². The fourth-order valence-corrected chi connectivity index (χ4v) is 4.01. The molecule has 158 valence electrons. The normalized spacial score (nSPS) is 11.9. The van der Waals surface area contributed by atoms with Gasteiger partial charge in [-0.15, -0.1) is 10.2 Å². The van der Waals surface area contributed by atoms with Gasteiger partial charge in [-0.2, -0.15) is 0 Å². The topological polar surface area (TPSA) is 69.0 Å². The molecule has 30 heavy (non-hydrogen) atoms. The maximum absolute atomic E-state index is 12.1. The van der Waals surface area contributed by atoms with Gasteiger partial charge in [-0.3, -0.25) is 9.36 Å². The van der Waals surface area contributed by atoms with Crippen molar-refractivity contribution in [1.29, 1.82) is 0 Å². The lowest BCUT2D eigenvalue weighted by molar-refractivity contribution is -0.121. The second-order valence-corrected chi connectivity index (χ2v) is 8.13. The predicted octanol–water partition coefficient (Wildman–Crippen LogP) is 4.85. The van der Waals surface area contributed by atoms with E-state index in [1.54, 1.807) is 18.9 Å². The van der Waals surface area contributed by atoms with E-state index in [9.17, 15) is 4.79 Å². The highest BCUT2D eigenvalue weighted by Gasteiger charge is 2.21. The number of hydrogen-bond acceptors (Lipinski definition) is 5. The van der Waals surface area contributed by atoms with Gasteiger partial charge in [0, 0.05) is 17.9 Å².